The Morgan fingerprint density at radius 2 is 1.71 bits per heavy atom. The van der Waals surface area contributed by atoms with E-state index >= 15 is 0 Å². The van der Waals surface area contributed by atoms with Crippen molar-refractivity contribution in [3.8, 4) is 0 Å². The molecule has 45 valence electrons. The summed E-state index contributed by atoms with van der Waals surface area (Å²) in [4.78, 5) is 0. The van der Waals surface area contributed by atoms with Crippen molar-refractivity contribution in [2.75, 3.05) is 0 Å². The summed E-state index contributed by atoms with van der Waals surface area (Å²) in [7, 11) is 5.13. The SMILES string of the molecule is C.F.I.[2HH].[B].[B]P=S.[HH]. The van der Waals surface area contributed by atoms with Crippen molar-refractivity contribution in [2.24, 2.45) is 0 Å². The van der Waals surface area contributed by atoms with Gasteiger partial charge >= 0.3 is 0 Å². The van der Waals surface area contributed by atoms with Crippen LogP contribution in [0.5, 0.6) is 0 Å². The van der Waals surface area contributed by atoms with Gasteiger partial charge in [-0.1, -0.05) is 26.5 Å². The molecule has 0 nitrogen and oxygen atoms in total. The second-order valence-electron chi connectivity index (χ2n) is 0.105. The van der Waals surface area contributed by atoms with Crippen LogP contribution in [-0.4, -0.2) is 16.0 Å². The first-order valence-corrected chi connectivity index (χ1v) is 2.42. The summed E-state index contributed by atoms with van der Waals surface area (Å²) in [6, 6.07) is 0. The van der Waals surface area contributed by atoms with E-state index in [2.05, 4.69) is 19.4 Å². The van der Waals surface area contributed by atoms with Crippen LogP contribution in [0.1, 0.15) is 10.3 Å². The molecule has 0 aromatic heterocycles. The predicted octanol–water partition coefficient (Wildman–Crippen LogP) is 2.00. The first-order chi connectivity index (χ1) is 1.41. The lowest BCUT2D eigenvalue weighted by atomic mass is 10.8. The highest BCUT2D eigenvalue weighted by atomic mass is 127. The molecule has 0 aromatic carbocycles. The van der Waals surface area contributed by atoms with Crippen molar-refractivity contribution >= 4 is 59.0 Å². The van der Waals surface area contributed by atoms with Crippen molar-refractivity contribution in [2.45, 2.75) is 7.43 Å². The molecule has 0 atom stereocenters. The third-order valence-electron chi connectivity index (χ3n) is 0. The Morgan fingerprint density at radius 1 is 1.71 bits per heavy atom. The average Bonchev–Trinajstić information content (AvgIpc) is 0.918. The van der Waals surface area contributed by atoms with Gasteiger partial charge in [0, 0.05) is 11.3 Å². The van der Waals surface area contributed by atoms with Crippen LogP contribution < -0.4 is 0 Å². The molecule has 0 spiro atoms. The quantitative estimate of drug-likeness (QED) is 0.362. The summed E-state index contributed by atoms with van der Waals surface area (Å²) in [6.45, 7) is 0. The normalized spacial score (nSPS) is 2.86. The summed E-state index contributed by atoms with van der Waals surface area (Å²) in [5.74, 6) is 0. The number of halogens is 2. The molecule has 0 bridgehead atoms. The molecule has 5 radical (unpaired) electrons. The minimum Gasteiger partial charge on any atom is -0.269 e. The van der Waals surface area contributed by atoms with Crippen LogP contribution in [0.15, 0.2) is 0 Å². The lowest BCUT2D eigenvalue weighted by Gasteiger charge is -1.24. The van der Waals surface area contributed by atoms with Crippen LogP contribution in [0.3, 0.4) is 0 Å². The van der Waals surface area contributed by atoms with Gasteiger partial charge in [-0.25, -0.2) is 0 Å². The van der Waals surface area contributed by atoms with Gasteiger partial charge in [-0.3, -0.25) is 4.70 Å². The van der Waals surface area contributed by atoms with E-state index in [4.69, 9.17) is 0 Å². The highest BCUT2D eigenvalue weighted by Gasteiger charge is 1.23. The summed E-state index contributed by atoms with van der Waals surface area (Å²) in [6.07, 6.45) is 0. The fraction of sp³-hybridized carbons (Fsp3) is 1.00. The molecule has 7 heavy (non-hydrogen) atoms. The van der Waals surface area contributed by atoms with Crippen LogP contribution in [0, 0.1) is 0 Å². The average molecular weight is 254 g/mol. The molecule has 6 heteroatoms. The Hall–Kier alpha value is 1.31. The maximum atomic E-state index is 4.63. The summed E-state index contributed by atoms with van der Waals surface area (Å²) >= 11 is 4.14. The van der Waals surface area contributed by atoms with Crippen molar-refractivity contribution in [1.82, 2.24) is 0 Å². The van der Waals surface area contributed by atoms with Gasteiger partial charge in [0.05, 0.1) is 0 Å². The smallest absolute Gasteiger partial charge is 0.167 e. The van der Waals surface area contributed by atoms with E-state index < -0.39 is 0 Å². The largest absolute Gasteiger partial charge is 0.269 e. The summed E-state index contributed by atoms with van der Waals surface area (Å²) in [5, 5.41) is 0. The van der Waals surface area contributed by atoms with E-state index in [-0.39, 0.29) is 47.4 Å². The van der Waals surface area contributed by atoms with Crippen molar-refractivity contribution < 1.29 is 7.56 Å². The Bertz CT molecular complexity index is 32.0. The van der Waals surface area contributed by atoms with Crippen LogP contribution in [0.4, 0.5) is 4.70 Å². The lowest BCUT2D eigenvalue weighted by molar-refractivity contribution is 1.11. The van der Waals surface area contributed by atoms with E-state index in [9.17, 15) is 0 Å². The van der Waals surface area contributed by atoms with E-state index in [1.54, 1.807) is 0 Å². The topological polar surface area (TPSA) is 0 Å². The molecule has 0 aliphatic rings. The minimum absolute atomic E-state index is 0. The standard InChI is InChI=1S/CH4.BPS.B.FH.HI.2H2/c;1-2-3;;;;;/h1H4;;;4*1H/i;;;;;1+1;. The second kappa shape index (κ2) is 54.5. The Labute approximate surface area is 74.0 Å². The zero-order valence-electron chi connectivity index (χ0n) is 2.83. The minimum atomic E-state index is 0. The van der Waals surface area contributed by atoms with Gasteiger partial charge in [0.25, 0.3) is 0 Å². The van der Waals surface area contributed by atoms with E-state index in [0.29, 0.717) is 7.23 Å². The van der Waals surface area contributed by atoms with Crippen LogP contribution in [0.2, 0.25) is 0 Å². The first-order valence-electron chi connectivity index (χ1n) is 0.441. The fourth-order valence-corrected chi connectivity index (χ4v) is 0. The van der Waals surface area contributed by atoms with Crippen LogP contribution >= 0.6 is 31.2 Å². The van der Waals surface area contributed by atoms with Gasteiger partial charge in [0.15, 0.2) is 7.57 Å². The van der Waals surface area contributed by atoms with E-state index in [0.717, 1.165) is 0 Å². The highest BCUT2D eigenvalue weighted by molar-refractivity contribution is 14.0. The molecule has 0 N–H and O–H groups in total. The van der Waals surface area contributed by atoms with Gasteiger partial charge in [0.2, 0.25) is 0 Å². The molecule has 0 aromatic rings. The molecule has 0 heterocycles. The van der Waals surface area contributed by atoms with Crippen molar-refractivity contribution in [3.05, 3.63) is 0 Å². The molecular weight excluding hydrogens is 243 g/mol. The molecule has 0 fully saturated rings. The molecule has 0 aliphatic heterocycles. The van der Waals surface area contributed by atoms with Crippen molar-refractivity contribution in [3.63, 3.8) is 0 Å². The fourth-order valence-electron chi connectivity index (χ4n) is 0. The van der Waals surface area contributed by atoms with E-state index in [1.165, 1.54) is 0 Å². The maximum absolute atomic E-state index is 4.63. The Balaban J connectivity index is -0.00000000133. The van der Waals surface area contributed by atoms with Gasteiger partial charge in [-0.05, 0) is 0 Å². The van der Waals surface area contributed by atoms with Crippen LogP contribution in [0.25, 0.3) is 0 Å². The molecule has 0 amide bonds. The second-order valence-corrected chi connectivity index (χ2v) is 0.949. The van der Waals surface area contributed by atoms with Gasteiger partial charge < -0.3 is 0 Å². The molecular formula is CH10B2FIPS. The molecule has 0 saturated heterocycles. The zero-order chi connectivity index (χ0) is 2.71. The number of rotatable bonds is 0. The van der Waals surface area contributed by atoms with E-state index in [1.807, 2.05) is 0 Å². The molecule has 0 rings (SSSR count). The van der Waals surface area contributed by atoms with Gasteiger partial charge in [-0.15, -0.1) is 24.0 Å². The maximum Gasteiger partial charge on any atom is 0.167 e. The molecule has 0 aliphatic carbocycles. The summed E-state index contributed by atoms with van der Waals surface area (Å²) in [5.41, 5.74) is 0. The highest BCUT2D eigenvalue weighted by Crippen LogP contribution is 1.65. The monoisotopic (exact) mass is 254 g/mol. The van der Waals surface area contributed by atoms with Gasteiger partial charge in [-0.2, -0.15) is 0 Å². The van der Waals surface area contributed by atoms with Crippen molar-refractivity contribution in [1.29, 1.82) is 0 Å². The Kier molecular flexibility index (Phi) is 316. The Morgan fingerprint density at radius 3 is 1.71 bits per heavy atom. The molecule has 0 unspecified atom stereocenters. The zero-order valence-corrected chi connectivity index (χ0v) is 6.87. The number of hydrogen-bond acceptors (Lipinski definition) is 1. The third kappa shape index (κ3) is 120. The third-order valence-corrected chi connectivity index (χ3v) is 0. The lowest BCUT2D eigenvalue weighted by Crippen LogP contribution is -1.07. The van der Waals surface area contributed by atoms with Crippen LogP contribution in [-0.2, 0) is 11.8 Å². The summed E-state index contributed by atoms with van der Waals surface area (Å²) < 4.78 is 0. The predicted molar refractivity (Wildman–Crippen MR) is 54.7 cm³/mol. The first kappa shape index (κ1) is 40.5. The van der Waals surface area contributed by atoms with Gasteiger partial charge in [0.1, 0.15) is 0 Å². The number of hydrogen-bond donors (Lipinski definition) is 0. The molecule has 0 saturated carbocycles.